The molecule has 0 aromatic heterocycles. The van der Waals surface area contributed by atoms with Crippen LogP contribution in [0.15, 0.2) is 24.3 Å². The van der Waals surface area contributed by atoms with Crippen molar-refractivity contribution in [2.75, 3.05) is 11.1 Å². The van der Waals surface area contributed by atoms with Crippen LogP contribution in [0.25, 0.3) is 0 Å². The topological polar surface area (TPSA) is 35.8 Å². The van der Waals surface area contributed by atoms with Gasteiger partial charge in [-0.25, -0.2) is 4.39 Å². The van der Waals surface area contributed by atoms with Gasteiger partial charge >= 0.3 is 0 Å². The lowest BCUT2D eigenvalue weighted by Gasteiger charge is -2.37. The largest absolute Gasteiger partial charge is 0.366 e. The van der Waals surface area contributed by atoms with Crippen LogP contribution in [-0.4, -0.2) is 16.5 Å². The Balaban J connectivity index is 2.19. The Bertz CT molecular complexity index is 426. The molecule has 1 N–H and O–H groups in total. The van der Waals surface area contributed by atoms with E-state index in [-0.39, 0.29) is 11.1 Å². The van der Waals surface area contributed by atoms with Gasteiger partial charge in [-0.3, -0.25) is 0 Å². The maximum absolute atomic E-state index is 12.8. The molecule has 0 spiro atoms. The van der Waals surface area contributed by atoms with Gasteiger partial charge in [0.05, 0.1) is 6.07 Å². The van der Waals surface area contributed by atoms with Crippen LogP contribution < -0.4 is 5.32 Å². The van der Waals surface area contributed by atoms with E-state index in [2.05, 4.69) is 18.3 Å². The van der Waals surface area contributed by atoms with E-state index in [0.29, 0.717) is 0 Å². The minimum Gasteiger partial charge on any atom is -0.366 e. The first-order valence-electron chi connectivity index (χ1n) is 5.73. The lowest BCUT2D eigenvalue weighted by molar-refractivity contribution is 0.512. The molecule has 1 aliphatic rings. The molecule has 1 aliphatic heterocycles. The average Bonchev–Trinajstić information content (AvgIpc) is 2.35. The summed E-state index contributed by atoms with van der Waals surface area (Å²) < 4.78 is 12.8. The number of hydrogen-bond acceptors (Lipinski definition) is 3. The summed E-state index contributed by atoms with van der Waals surface area (Å²) in [5.41, 5.74) is 0.281. The Morgan fingerprint density at radius 2 is 2.18 bits per heavy atom. The van der Waals surface area contributed by atoms with Crippen molar-refractivity contribution in [3.8, 4) is 6.07 Å². The number of anilines is 1. The summed E-state index contributed by atoms with van der Waals surface area (Å²) in [6, 6.07) is 8.59. The van der Waals surface area contributed by atoms with E-state index in [0.717, 1.165) is 24.3 Å². The molecule has 17 heavy (non-hydrogen) atoms. The fraction of sp³-hybridized carbons (Fsp3) is 0.462. The van der Waals surface area contributed by atoms with Crippen molar-refractivity contribution in [2.45, 2.75) is 30.6 Å². The standard InChI is InChI=1S/C13H15FN2S/c1-10-13(9-15,7-2-8-17-10)16-12-5-3-11(14)4-6-12/h3-6,10,16H,2,7-8H2,1H3. The second kappa shape index (κ2) is 4.97. The number of thioether (sulfide) groups is 1. The van der Waals surface area contributed by atoms with Crippen molar-refractivity contribution in [3.63, 3.8) is 0 Å². The highest BCUT2D eigenvalue weighted by Crippen LogP contribution is 2.36. The fourth-order valence-electron chi connectivity index (χ4n) is 2.09. The fourth-order valence-corrected chi connectivity index (χ4v) is 3.26. The summed E-state index contributed by atoms with van der Waals surface area (Å²) in [6.45, 7) is 2.07. The van der Waals surface area contributed by atoms with E-state index < -0.39 is 5.54 Å². The smallest absolute Gasteiger partial charge is 0.137 e. The summed E-state index contributed by atoms with van der Waals surface area (Å²) in [6.07, 6.45) is 1.88. The highest BCUT2D eigenvalue weighted by Gasteiger charge is 2.39. The van der Waals surface area contributed by atoms with Gasteiger partial charge in [-0.2, -0.15) is 17.0 Å². The number of nitriles is 1. The third-order valence-electron chi connectivity index (χ3n) is 3.19. The zero-order chi connectivity index (χ0) is 12.3. The van der Waals surface area contributed by atoms with E-state index in [9.17, 15) is 9.65 Å². The highest BCUT2D eigenvalue weighted by molar-refractivity contribution is 8.00. The first-order chi connectivity index (χ1) is 8.16. The molecule has 2 unspecified atom stereocenters. The minimum atomic E-state index is -0.527. The molecule has 1 aromatic carbocycles. The quantitative estimate of drug-likeness (QED) is 0.873. The molecule has 4 heteroatoms. The van der Waals surface area contributed by atoms with Gasteiger partial charge < -0.3 is 5.32 Å². The van der Waals surface area contributed by atoms with Gasteiger partial charge in [-0.1, -0.05) is 0 Å². The Morgan fingerprint density at radius 3 is 2.76 bits per heavy atom. The third-order valence-corrected chi connectivity index (χ3v) is 4.62. The van der Waals surface area contributed by atoms with Crippen LogP contribution in [0.3, 0.4) is 0 Å². The van der Waals surface area contributed by atoms with E-state index in [4.69, 9.17) is 0 Å². The molecule has 1 aromatic rings. The molecule has 1 heterocycles. The predicted octanol–water partition coefficient (Wildman–Crippen LogP) is 3.42. The Morgan fingerprint density at radius 1 is 1.47 bits per heavy atom. The molecule has 0 bridgehead atoms. The molecule has 1 saturated heterocycles. The molecule has 2 nitrogen and oxygen atoms in total. The number of nitrogens with zero attached hydrogens (tertiary/aromatic N) is 1. The van der Waals surface area contributed by atoms with Gasteiger partial charge in [0.1, 0.15) is 11.4 Å². The van der Waals surface area contributed by atoms with E-state index in [1.165, 1.54) is 12.1 Å². The van der Waals surface area contributed by atoms with E-state index >= 15 is 0 Å². The monoisotopic (exact) mass is 250 g/mol. The molecule has 1 fully saturated rings. The molecule has 0 radical (unpaired) electrons. The lowest BCUT2D eigenvalue weighted by atomic mass is 9.91. The van der Waals surface area contributed by atoms with Crippen molar-refractivity contribution in [1.29, 1.82) is 5.26 Å². The third kappa shape index (κ3) is 2.55. The van der Waals surface area contributed by atoms with Crippen LogP contribution in [0.5, 0.6) is 0 Å². The van der Waals surface area contributed by atoms with E-state index in [1.807, 2.05) is 11.8 Å². The zero-order valence-electron chi connectivity index (χ0n) is 9.74. The number of rotatable bonds is 2. The van der Waals surface area contributed by atoms with Crippen molar-refractivity contribution in [3.05, 3.63) is 30.1 Å². The summed E-state index contributed by atoms with van der Waals surface area (Å²) in [4.78, 5) is 0. The highest BCUT2D eigenvalue weighted by atomic mass is 32.2. The van der Waals surface area contributed by atoms with Crippen LogP contribution >= 0.6 is 11.8 Å². The average molecular weight is 250 g/mol. The van der Waals surface area contributed by atoms with E-state index in [1.54, 1.807) is 12.1 Å². The molecule has 0 amide bonds. The van der Waals surface area contributed by atoms with Crippen LogP contribution in [0, 0.1) is 17.1 Å². The normalized spacial score (nSPS) is 28.4. The maximum Gasteiger partial charge on any atom is 0.137 e. The van der Waals surface area contributed by atoms with Gasteiger partial charge in [0.15, 0.2) is 0 Å². The van der Waals surface area contributed by atoms with Gasteiger partial charge in [0.2, 0.25) is 0 Å². The van der Waals surface area contributed by atoms with Gasteiger partial charge in [0, 0.05) is 10.9 Å². The molecule has 90 valence electrons. The first-order valence-corrected chi connectivity index (χ1v) is 6.78. The van der Waals surface area contributed by atoms with Crippen LogP contribution in [0.4, 0.5) is 10.1 Å². The molecule has 0 aliphatic carbocycles. The summed E-state index contributed by atoms with van der Waals surface area (Å²) in [5, 5.41) is 12.9. The van der Waals surface area contributed by atoms with Crippen LogP contribution in [0.2, 0.25) is 0 Å². The number of hydrogen-bond donors (Lipinski definition) is 1. The Kier molecular flexibility index (Phi) is 3.58. The summed E-state index contributed by atoms with van der Waals surface area (Å²) >= 11 is 1.81. The first kappa shape index (κ1) is 12.3. The van der Waals surface area contributed by atoms with Gasteiger partial charge in [0.25, 0.3) is 0 Å². The number of benzene rings is 1. The Labute approximate surface area is 105 Å². The second-order valence-electron chi connectivity index (χ2n) is 4.33. The van der Waals surface area contributed by atoms with Crippen LogP contribution in [0.1, 0.15) is 19.8 Å². The van der Waals surface area contributed by atoms with Crippen molar-refractivity contribution in [2.24, 2.45) is 0 Å². The zero-order valence-corrected chi connectivity index (χ0v) is 10.6. The van der Waals surface area contributed by atoms with Gasteiger partial charge in [-0.15, -0.1) is 0 Å². The summed E-state index contributed by atoms with van der Waals surface area (Å²) in [5.74, 6) is 0.850. The number of halogens is 1. The minimum absolute atomic E-state index is 0.242. The molecule has 2 atom stereocenters. The van der Waals surface area contributed by atoms with Crippen LogP contribution in [-0.2, 0) is 0 Å². The maximum atomic E-state index is 12.8. The molecular formula is C13H15FN2S. The lowest BCUT2D eigenvalue weighted by Crippen LogP contribution is -2.47. The van der Waals surface area contributed by atoms with Crippen molar-refractivity contribution in [1.82, 2.24) is 0 Å². The number of nitrogens with one attached hydrogen (secondary N) is 1. The van der Waals surface area contributed by atoms with Crippen molar-refractivity contribution >= 4 is 17.4 Å². The molecule has 2 rings (SSSR count). The second-order valence-corrected chi connectivity index (χ2v) is 5.78. The molecule has 0 saturated carbocycles. The summed E-state index contributed by atoms with van der Waals surface area (Å²) in [7, 11) is 0. The SMILES string of the molecule is CC1SCCCC1(C#N)Nc1ccc(F)cc1. The van der Waals surface area contributed by atoms with Gasteiger partial charge in [-0.05, 0) is 49.8 Å². The molecular weight excluding hydrogens is 235 g/mol. The van der Waals surface area contributed by atoms with Crippen molar-refractivity contribution < 1.29 is 4.39 Å². The Hall–Kier alpha value is -1.21. The predicted molar refractivity (Wildman–Crippen MR) is 69.5 cm³/mol.